The zero-order valence-corrected chi connectivity index (χ0v) is 11.1. The van der Waals surface area contributed by atoms with Crippen molar-refractivity contribution < 1.29 is 13.2 Å². The first kappa shape index (κ1) is 13.6. The van der Waals surface area contributed by atoms with Crippen molar-refractivity contribution in [1.82, 2.24) is 0 Å². The molecule has 0 heterocycles. The van der Waals surface area contributed by atoms with Crippen LogP contribution >= 0.6 is 15.9 Å². The first-order valence-corrected chi connectivity index (χ1v) is 6.05. The first-order valence-electron chi connectivity index (χ1n) is 5.25. The van der Waals surface area contributed by atoms with Gasteiger partial charge in [0, 0.05) is 16.1 Å². The smallest absolute Gasteiger partial charge is 0.151 e. The van der Waals surface area contributed by atoms with Gasteiger partial charge in [-0.1, -0.05) is 15.9 Å². The maximum atomic E-state index is 13.4. The molecule has 1 N–H and O–H groups in total. The van der Waals surface area contributed by atoms with E-state index in [9.17, 15) is 13.2 Å². The minimum absolute atomic E-state index is 0.00746. The normalized spacial score (nSPS) is 10.9. The molecule has 2 rings (SSSR count). The van der Waals surface area contributed by atoms with Gasteiger partial charge in [0.2, 0.25) is 0 Å². The summed E-state index contributed by atoms with van der Waals surface area (Å²) in [7, 11) is 0. The average Bonchev–Trinajstić information content (AvgIpc) is 2.36. The van der Waals surface area contributed by atoms with E-state index in [0.29, 0.717) is 4.47 Å². The zero-order chi connectivity index (χ0) is 13.8. The van der Waals surface area contributed by atoms with Crippen LogP contribution in [0.4, 0.5) is 18.9 Å². The van der Waals surface area contributed by atoms with Gasteiger partial charge in [-0.25, -0.2) is 13.2 Å². The maximum absolute atomic E-state index is 13.4. The molecule has 0 aliphatic heterocycles. The molecule has 2 nitrogen and oxygen atoms in total. The molecule has 2 aromatic carbocycles. The molecule has 0 aliphatic rings. The van der Waals surface area contributed by atoms with Crippen LogP contribution in [0, 0.1) is 17.5 Å². The van der Waals surface area contributed by atoms with Gasteiger partial charge in [0.1, 0.15) is 11.6 Å². The van der Waals surface area contributed by atoms with Crippen molar-refractivity contribution in [3.05, 3.63) is 63.9 Å². The second-order valence-corrected chi connectivity index (χ2v) is 4.58. The van der Waals surface area contributed by atoms with Crippen LogP contribution in [0.15, 0.2) is 46.0 Å². The Labute approximate surface area is 116 Å². The standard InChI is InChI=1S/C13H8BrF3N2/c14-9-1-3-11(16)8(5-9)7-18-19-13-4-2-10(15)6-12(13)17/h1-7,19H/b18-7-. The fraction of sp³-hybridized carbons (Fsp3) is 0. The van der Waals surface area contributed by atoms with E-state index < -0.39 is 17.5 Å². The Hall–Kier alpha value is -1.82. The molecule has 0 bridgehead atoms. The van der Waals surface area contributed by atoms with E-state index in [-0.39, 0.29) is 11.3 Å². The van der Waals surface area contributed by atoms with Gasteiger partial charge in [-0.15, -0.1) is 0 Å². The minimum Gasteiger partial charge on any atom is -0.276 e. The Balaban J connectivity index is 2.13. The quantitative estimate of drug-likeness (QED) is 0.658. The predicted octanol–water partition coefficient (Wildman–Crippen LogP) is 4.31. The lowest BCUT2D eigenvalue weighted by Crippen LogP contribution is -1.96. The molecular weight excluding hydrogens is 321 g/mol. The molecule has 0 aromatic heterocycles. The van der Waals surface area contributed by atoms with Crippen molar-refractivity contribution in [3.8, 4) is 0 Å². The molecule has 0 aliphatic carbocycles. The van der Waals surface area contributed by atoms with E-state index >= 15 is 0 Å². The third-order valence-corrected chi connectivity index (χ3v) is 2.77. The summed E-state index contributed by atoms with van der Waals surface area (Å²) in [6.45, 7) is 0. The average molecular weight is 329 g/mol. The number of nitrogens with zero attached hydrogens (tertiary/aromatic N) is 1. The third kappa shape index (κ3) is 3.57. The summed E-state index contributed by atoms with van der Waals surface area (Å²) in [4.78, 5) is 0. The van der Waals surface area contributed by atoms with Crippen LogP contribution in [0.5, 0.6) is 0 Å². The summed E-state index contributed by atoms with van der Waals surface area (Å²) in [5.41, 5.74) is 2.63. The fourth-order valence-electron chi connectivity index (χ4n) is 1.37. The van der Waals surface area contributed by atoms with Gasteiger partial charge < -0.3 is 0 Å². The number of hydrogen-bond donors (Lipinski definition) is 1. The number of rotatable bonds is 3. The minimum atomic E-state index is -0.771. The van der Waals surface area contributed by atoms with Crippen LogP contribution in [0.2, 0.25) is 0 Å². The molecule has 0 saturated heterocycles. The summed E-state index contributed by atoms with van der Waals surface area (Å²) < 4.78 is 40.0. The second-order valence-electron chi connectivity index (χ2n) is 3.66. The Morgan fingerprint density at radius 2 is 1.79 bits per heavy atom. The highest BCUT2D eigenvalue weighted by molar-refractivity contribution is 9.10. The summed E-state index contributed by atoms with van der Waals surface area (Å²) in [5.74, 6) is -1.90. The molecule has 0 radical (unpaired) electrons. The number of nitrogens with one attached hydrogen (secondary N) is 1. The zero-order valence-electron chi connectivity index (χ0n) is 9.50. The van der Waals surface area contributed by atoms with Gasteiger partial charge in [-0.05, 0) is 30.3 Å². The topological polar surface area (TPSA) is 24.4 Å². The first-order chi connectivity index (χ1) is 9.06. The molecule has 19 heavy (non-hydrogen) atoms. The number of benzene rings is 2. The number of hydrazone groups is 1. The van der Waals surface area contributed by atoms with Gasteiger partial charge in [-0.3, -0.25) is 5.43 Å². The molecule has 0 amide bonds. The van der Waals surface area contributed by atoms with Gasteiger partial charge in [0.05, 0.1) is 11.9 Å². The second kappa shape index (κ2) is 5.88. The van der Waals surface area contributed by atoms with E-state index in [1.54, 1.807) is 6.07 Å². The molecule has 0 unspecified atom stereocenters. The van der Waals surface area contributed by atoms with Crippen LogP contribution in [-0.2, 0) is 0 Å². The van der Waals surface area contributed by atoms with Crippen LogP contribution < -0.4 is 5.43 Å². The fourth-order valence-corrected chi connectivity index (χ4v) is 1.74. The largest absolute Gasteiger partial charge is 0.276 e. The Morgan fingerprint density at radius 3 is 2.53 bits per heavy atom. The van der Waals surface area contributed by atoms with Crippen LogP contribution in [0.1, 0.15) is 5.56 Å². The number of halogens is 4. The molecule has 98 valence electrons. The van der Waals surface area contributed by atoms with Gasteiger partial charge in [-0.2, -0.15) is 5.10 Å². The maximum Gasteiger partial charge on any atom is 0.151 e. The molecule has 6 heteroatoms. The van der Waals surface area contributed by atoms with E-state index in [1.165, 1.54) is 24.4 Å². The van der Waals surface area contributed by atoms with Crippen molar-refractivity contribution >= 4 is 27.8 Å². The SMILES string of the molecule is Fc1ccc(N/N=C\c2cc(Br)ccc2F)c(F)c1. The summed E-state index contributed by atoms with van der Waals surface area (Å²) in [5, 5.41) is 3.71. The van der Waals surface area contributed by atoms with Crippen molar-refractivity contribution in [2.45, 2.75) is 0 Å². The van der Waals surface area contributed by atoms with Crippen LogP contribution in [0.3, 0.4) is 0 Å². The van der Waals surface area contributed by atoms with Crippen molar-refractivity contribution in [2.75, 3.05) is 5.43 Å². The van der Waals surface area contributed by atoms with E-state index in [1.807, 2.05) is 0 Å². The number of anilines is 1. The summed E-state index contributed by atoms with van der Waals surface area (Å²) in [6.07, 6.45) is 1.21. The molecule has 0 spiro atoms. The lowest BCUT2D eigenvalue weighted by atomic mass is 10.2. The van der Waals surface area contributed by atoms with Crippen LogP contribution in [-0.4, -0.2) is 6.21 Å². The molecule has 0 saturated carbocycles. The third-order valence-electron chi connectivity index (χ3n) is 2.28. The van der Waals surface area contributed by atoms with Crippen molar-refractivity contribution in [1.29, 1.82) is 0 Å². The van der Waals surface area contributed by atoms with E-state index in [4.69, 9.17) is 0 Å². The van der Waals surface area contributed by atoms with Crippen LogP contribution in [0.25, 0.3) is 0 Å². The van der Waals surface area contributed by atoms with E-state index in [0.717, 1.165) is 12.1 Å². The highest BCUT2D eigenvalue weighted by Crippen LogP contribution is 2.16. The highest BCUT2D eigenvalue weighted by atomic mass is 79.9. The Morgan fingerprint density at radius 1 is 1.00 bits per heavy atom. The lowest BCUT2D eigenvalue weighted by molar-refractivity contribution is 0.585. The summed E-state index contributed by atoms with van der Waals surface area (Å²) in [6, 6.07) is 7.41. The molecular formula is C13H8BrF3N2. The number of hydrogen-bond acceptors (Lipinski definition) is 2. The van der Waals surface area contributed by atoms with Gasteiger partial charge >= 0.3 is 0 Å². The predicted molar refractivity (Wildman–Crippen MR) is 71.7 cm³/mol. The Bertz CT molecular complexity index is 629. The highest BCUT2D eigenvalue weighted by Gasteiger charge is 2.02. The molecule has 2 aromatic rings. The molecule has 0 fully saturated rings. The lowest BCUT2D eigenvalue weighted by Gasteiger charge is -2.02. The van der Waals surface area contributed by atoms with E-state index in [2.05, 4.69) is 26.5 Å². The Kier molecular flexibility index (Phi) is 4.21. The monoisotopic (exact) mass is 328 g/mol. The summed E-state index contributed by atoms with van der Waals surface area (Å²) >= 11 is 3.20. The van der Waals surface area contributed by atoms with Crippen molar-refractivity contribution in [2.24, 2.45) is 5.10 Å². The van der Waals surface area contributed by atoms with Crippen molar-refractivity contribution in [3.63, 3.8) is 0 Å². The molecule has 0 atom stereocenters. The van der Waals surface area contributed by atoms with Gasteiger partial charge in [0.15, 0.2) is 5.82 Å². The van der Waals surface area contributed by atoms with Gasteiger partial charge in [0.25, 0.3) is 0 Å².